The lowest BCUT2D eigenvalue weighted by Gasteiger charge is -2.01. The first kappa shape index (κ1) is 9.53. The molecule has 0 N–H and O–H groups in total. The van der Waals surface area contributed by atoms with Crippen molar-refractivity contribution in [1.82, 2.24) is 0 Å². The number of halogens is 2. The molecule has 5 heteroatoms. The third kappa shape index (κ3) is 6.41. The van der Waals surface area contributed by atoms with E-state index < -0.39 is 9.05 Å². The molecule has 0 unspecified atom stereocenters. The van der Waals surface area contributed by atoms with E-state index in [1.807, 2.05) is 0 Å². The van der Waals surface area contributed by atoms with Gasteiger partial charge in [0.05, 0.1) is 5.75 Å². The van der Waals surface area contributed by atoms with E-state index in [0.29, 0.717) is 5.88 Å². The summed E-state index contributed by atoms with van der Waals surface area (Å²) in [5, 5.41) is 0. The van der Waals surface area contributed by atoms with E-state index in [1.165, 1.54) is 0 Å². The first-order chi connectivity index (χ1) is 3.95. The topological polar surface area (TPSA) is 34.1 Å². The Hall–Kier alpha value is 0.530. The molecule has 0 radical (unpaired) electrons. The Morgan fingerprint density at radius 3 is 2.11 bits per heavy atom. The SMILES string of the molecule is C[C@H](CCl)CS(=O)(=O)Cl. The molecule has 0 saturated heterocycles. The van der Waals surface area contributed by atoms with E-state index in [9.17, 15) is 8.42 Å². The van der Waals surface area contributed by atoms with Crippen LogP contribution in [0.1, 0.15) is 6.92 Å². The normalized spacial score (nSPS) is 15.4. The van der Waals surface area contributed by atoms with Crippen molar-refractivity contribution in [2.24, 2.45) is 5.92 Å². The maximum atomic E-state index is 10.3. The van der Waals surface area contributed by atoms with E-state index in [1.54, 1.807) is 6.92 Å². The summed E-state index contributed by atoms with van der Waals surface area (Å²) in [6.07, 6.45) is 0. The second kappa shape index (κ2) is 3.64. The van der Waals surface area contributed by atoms with Gasteiger partial charge in [0.15, 0.2) is 0 Å². The average Bonchev–Trinajstić information content (AvgIpc) is 1.62. The van der Waals surface area contributed by atoms with Crippen LogP contribution >= 0.6 is 22.3 Å². The van der Waals surface area contributed by atoms with Crippen molar-refractivity contribution in [1.29, 1.82) is 0 Å². The molecule has 0 saturated carbocycles. The zero-order chi connectivity index (χ0) is 7.49. The quantitative estimate of drug-likeness (QED) is 0.499. The van der Waals surface area contributed by atoms with Gasteiger partial charge in [0, 0.05) is 16.6 Å². The zero-order valence-corrected chi connectivity index (χ0v) is 7.30. The van der Waals surface area contributed by atoms with Crippen LogP contribution in [-0.2, 0) is 9.05 Å². The van der Waals surface area contributed by atoms with Crippen molar-refractivity contribution in [3.63, 3.8) is 0 Å². The highest BCUT2D eigenvalue weighted by molar-refractivity contribution is 8.13. The molecule has 1 atom stereocenters. The van der Waals surface area contributed by atoms with Crippen molar-refractivity contribution >= 4 is 31.3 Å². The Bertz CT molecular complexity index is 163. The highest BCUT2D eigenvalue weighted by Gasteiger charge is 2.10. The van der Waals surface area contributed by atoms with E-state index in [2.05, 4.69) is 0 Å². The summed E-state index contributed by atoms with van der Waals surface area (Å²) in [5.41, 5.74) is 0. The molecule has 0 aliphatic rings. The number of alkyl halides is 1. The highest BCUT2D eigenvalue weighted by Crippen LogP contribution is 2.06. The van der Waals surface area contributed by atoms with Gasteiger partial charge in [-0.1, -0.05) is 6.92 Å². The molecule has 0 rings (SSSR count). The zero-order valence-electron chi connectivity index (χ0n) is 4.97. The predicted molar refractivity (Wildman–Crippen MR) is 39.5 cm³/mol. The van der Waals surface area contributed by atoms with Crippen LogP contribution in [0.3, 0.4) is 0 Å². The summed E-state index contributed by atoms with van der Waals surface area (Å²) in [5.74, 6) is 0.221. The molecule has 9 heavy (non-hydrogen) atoms. The van der Waals surface area contributed by atoms with Crippen LogP contribution in [-0.4, -0.2) is 20.1 Å². The van der Waals surface area contributed by atoms with Gasteiger partial charge >= 0.3 is 0 Å². The van der Waals surface area contributed by atoms with Gasteiger partial charge in [-0.25, -0.2) is 8.42 Å². The molecule has 0 amide bonds. The lowest BCUT2D eigenvalue weighted by Crippen LogP contribution is -2.09. The van der Waals surface area contributed by atoms with Crippen molar-refractivity contribution in [2.75, 3.05) is 11.6 Å². The molecule has 0 fully saturated rings. The van der Waals surface area contributed by atoms with Crippen molar-refractivity contribution in [3.05, 3.63) is 0 Å². The summed E-state index contributed by atoms with van der Waals surface area (Å²) >= 11 is 5.33. The van der Waals surface area contributed by atoms with E-state index in [0.717, 1.165) is 0 Å². The minimum Gasteiger partial charge on any atom is -0.212 e. The number of hydrogen-bond donors (Lipinski definition) is 0. The first-order valence-electron chi connectivity index (χ1n) is 2.44. The summed E-state index contributed by atoms with van der Waals surface area (Å²) < 4.78 is 20.6. The molecule has 0 aromatic heterocycles. The fraction of sp³-hybridized carbons (Fsp3) is 1.00. The fourth-order valence-electron chi connectivity index (χ4n) is 0.384. The molecule has 0 aromatic carbocycles. The molecule has 0 spiro atoms. The molecular weight excluding hydrogens is 183 g/mol. The monoisotopic (exact) mass is 190 g/mol. The van der Waals surface area contributed by atoms with Crippen molar-refractivity contribution in [2.45, 2.75) is 6.92 Å². The number of hydrogen-bond acceptors (Lipinski definition) is 2. The Morgan fingerprint density at radius 1 is 1.56 bits per heavy atom. The molecule has 0 bridgehead atoms. The van der Waals surface area contributed by atoms with Crippen LogP contribution in [0.15, 0.2) is 0 Å². The van der Waals surface area contributed by atoms with Gasteiger partial charge in [0.2, 0.25) is 9.05 Å². The maximum Gasteiger partial charge on any atom is 0.232 e. The third-order valence-electron chi connectivity index (χ3n) is 0.747. The van der Waals surface area contributed by atoms with Crippen molar-refractivity contribution in [3.8, 4) is 0 Å². The highest BCUT2D eigenvalue weighted by atomic mass is 35.7. The molecule has 56 valence electrons. The minimum absolute atomic E-state index is 0.0436. The van der Waals surface area contributed by atoms with Gasteiger partial charge in [-0.3, -0.25) is 0 Å². The fourth-order valence-corrected chi connectivity index (χ4v) is 2.07. The maximum absolute atomic E-state index is 10.3. The third-order valence-corrected chi connectivity index (χ3v) is 2.62. The van der Waals surface area contributed by atoms with E-state index in [4.69, 9.17) is 22.3 Å². The molecule has 0 aliphatic carbocycles. The van der Waals surface area contributed by atoms with Crippen LogP contribution in [0, 0.1) is 5.92 Å². The predicted octanol–water partition coefficient (Wildman–Crippen LogP) is 1.43. The van der Waals surface area contributed by atoms with Gasteiger partial charge in [0.1, 0.15) is 0 Å². The largest absolute Gasteiger partial charge is 0.232 e. The second-order valence-corrected chi connectivity index (χ2v) is 5.10. The molecule has 0 heterocycles. The lowest BCUT2D eigenvalue weighted by molar-refractivity contribution is 0.597. The Labute approximate surface area is 64.6 Å². The van der Waals surface area contributed by atoms with Crippen LogP contribution in [0.4, 0.5) is 0 Å². The average molecular weight is 191 g/mol. The molecular formula is C4H8Cl2O2S. The Balaban J connectivity index is 3.75. The van der Waals surface area contributed by atoms with Gasteiger partial charge in [0.25, 0.3) is 0 Å². The van der Waals surface area contributed by atoms with Gasteiger partial charge in [-0.2, -0.15) is 0 Å². The summed E-state index contributed by atoms with van der Waals surface area (Å²) in [6, 6.07) is 0. The van der Waals surface area contributed by atoms with E-state index >= 15 is 0 Å². The van der Waals surface area contributed by atoms with Crippen LogP contribution < -0.4 is 0 Å². The van der Waals surface area contributed by atoms with Crippen LogP contribution in [0.5, 0.6) is 0 Å². The number of rotatable bonds is 3. The second-order valence-electron chi connectivity index (χ2n) is 1.96. The van der Waals surface area contributed by atoms with Crippen LogP contribution in [0.2, 0.25) is 0 Å². The lowest BCUT2D eigenvalue weighted by atomic mass is 10.3. The van der Waals surface area contributed by atoms with E-state index in [-0.39, 0.29) is 11.7 Å². The Morgan fingerprint density at radius 2 is 2.00 bits per heavy atom. The standard InChI is InChI=1S/C4H8Cl2O2S/c1-4(2-5)3-9(6,7)8/h4H,2-3H2,1H3/t4-/m1/s1. The van der Waals surface area contributed by atoms with Gasteiger partial charge in [-0.15, -0.1) is 11.6 Å². The summed E-state index contributed by atoms with van der Waals surface area (Å²) in [4.78, 5) is 0. The smallest absolute Gasteiger partial charge is 0.212 e. The Kier molecular flexibility index (Phi) is 3.85. The summed E-state index contributed by atoms with van der Waals surface area (Å²) in [6.45, 7) is 1.73. The van der Waals surface area contributed by atoms with Gasteiger partial charge < -0.3 is 0 Å². The van der Waals surface area contributed by atoms with Crippen molar-refractivity contribution < 1.29 is 8.42 Å². The molecule has 0 aromatic rings. The van der Waals surface area contributed by atoms with Crippen LogP contribution in [0.25, 0.3) is 0 Å². The first-order valence-corrected chi connectivity index (χ1v) is 5.45. The molecule has 2 nitrogen and oxygen atoms in total. The van der Waals surface area contributed by atoms with Gasteiger partial charge in [-0.05, 0) is 5.92 Å². The molecule has 0 aliphatic heterocycles. The minimum atomic E-state index is -3.35. The summed E-state index contributed by atoms with van der Waals surface area (Å²) in [7, 11) is 1.57.